The van der Waals surface area contributed by atoms with Crippen LogP contribution in [0, 0.1) is 6.92 Å². The molecule has 2 aliphatic rings. The minimum atomic E-state index is -2.26. The van der Waals surface area contributed by atoms with Crippen LogP contribution in [0.1, 0.15) is 69.8 Å². The van der Waals surface area contributed by atoms with Gasteiger partial charge in [-0.2, -0.15) is 0 Å². The summed E-state index contributed by atoms with van der Waals surface area (Å²) in [5.74, 6) is 0. The second kappa shape index (κ2) is 6.69. The van der Waals surface area contributed by atoms with Crippen molar-refractivity contribution in [1.82, 2.24) is 0 Å². The molecule has 0 unspecified atom stereocenters. The lowest BCUT2D eigenvalue weighted by atomic mass is 9.99. The molecule has 0 atom stereocenters. The van der Waals surface area contributed by atoms with Gasteiger partial charge in [-0.3, -0.25) is 0 Å². The van der Waals surface area contributed by atoms with Crippen LogP contribution in [-0.4, -0.2) is 11.3 Å². The third-order valence-corrected chi connectivity index (χ3v) is 10.2. The maximum absolute atomic E-state index is 14.3. The second-order valence-corrected chi connectivity index (χ2v) is 10.4. The second-order valence-electron chi connectivity index (χ2n) is 7.08. The summed E-state index contributed by atoms with van der Waals surface area (Å²) < 4.78 is 14.3. The van der Waals surface area contributed by atoms with E-state index in [9.17, 15) is 4.57 Å². The van der Waals surface area contributed by atoms with Gasteiger partial charge in [-0.15, -0.1) is 0 Å². The zero-order chi connectivity index (χ0) is 14.7. The molecular formula is C19H29OP. The highest BCUT2D eigenvalue weighted by atomic mass is 31.2. The SMILES string of the molecule is Cc1ccccc1P(=O)(C1CCCCC1)C1CCCCC1. The van der Waals surface area contributed by atoms with Gasteiger partial charge in [0.25, 0.3) is 0 Å². The Labute approximate surface area is 129 Å². The zero-order valence-electron chi connectivity index (χ0n) is 13.4. The Balaban J connectivity index is 2.01. The van der Waals surface area contributed by atoms with Crippen LogP contribution in [-0.2, 0) is 4.57 Å². The molecule has 2 fully saturated rings. The van der Waals surface area contributed by atoms with Crippen molar-refractivity contribution in [3.8, 4) is 0 Å². The molecule has 0 bridgehead atoms. The molecule has 0 aromatic heterocycles. The average molecular weight is 304 g/mol. The molecule has 3 rings (SSSR count). The van der Waals surface area contributed by atoms with E-state index in [4.69, 9.17) is 0 Å². The van der Waals surface area contributed by atoms with E-state index < -0.39 is 7.14 Å². The van der Waals surface area contributed by atoms with E-state index in [2.05, 4.69) is 31.2 Å². The Kier molecular flexibility index (Phi) is 4.89. The van der Waals surface area contributed by atoms with Gasteiger partial charge in [-0.25, -0.2) is 0 Å². The van der Waals surface area contributed by atoms with Crippen LogP contribution in [0.3, 0.4) is 0 Å². The van der Waals surface area contributed by atoms with E-state index in [0.29, 0.717) is 11.3 Å². The smallest absolute Gasteiger partial charge is 0.121 e. The van der Waals surface area contributed by atoms with Gasteiger partial charge >= 0.3 is 0 Å². The summed E-state index contributed by atoms with van der Waals surface area (Å²) in [6.45, 7) is 2.16. The molecule has 1 nitrogen and oxygen atoms in total. The van der Waals surface area contributed by atoms with Gasteiger partial charge in [0, 0.05) is 16.6 Å². The van der Waals surface area contributed by atoms with Gasteiger partial charge in [0.2, 0.25) is 0 Å². The van der Waals surface area contributed by atoms with Crippen molar-refractivity contribution in [2.45, 2.75) is 82.4 Å². The van der Waals surface area contributed by atoms with E-state index >= 15 is 0 Å². The quantitative estimate of drug-likeness (QED) is 0.660. The Morgan fingerprint density at radius 1 is 0.810 bits per heavy atom. The molecule has 0 aliphatic heterocycles. The van der Waals surface area contributed by atoms with Crippen LogP contribution in [0.5, 0.6) is 0 Å². The van der Waals surface area contributed by atoms with E-state index in [1.165, 1.54) is 75.1 Å². The van der Waals surface area contributed by atoms with Crippen molar-refractivity contribution in [3.63, 3.8) is 0 Å². The van der Waals surface area contributed by atoms with E-state index in [1.807, 2.05) is 0 Å². The minimum absolute atomic E-state index is 0.468. The van der Waals surface area contributed by atoms with Gasteiger partial charge in [-0.1, -0.05) is 62.8 Å². The first-order chi connectivity index (χ1) is 10.2. The summed E-state index contributed by atoms with van der Waals surface area (Å²) in [7, 11) is -2.26. The Bertz CT molecular complexity index is 488. The minimum Gasteiger partial charge on any atom is -0.318 e. The molecule has 0 radical (unpaired) electrons. The number of benzene rings is 1. The summed E-state index contributed by atoms with van der Waals surface area (Å²) >= 11 is 0. The van der Waals surface area contributed by atoms with Gasteiger partial charge in [0.1, 0.15) is 7.14 Å². The van der Waals surface area contributed by atoms with Crippen molar-refractivity contribution >= 4 is 12.4 Å². The van der Waals surface area contributed by atoms with Gasteiger partial charge in [-0.05, 0) is 38.2 Å². The highest BCUT2D eigenvalue weighted by Crippen LogP contribution is 2.62. The highest BCUT2D eigenvalue weighted by Gasteiger charge is 2.42. The molecule has 21 heavy (non-hydrogen) atoms. The van der Waals surface area contributed by atoms with Crippen LogP contribution in [0.25, 0.3) is 0 Å². The standard InChI is InChI=1S/C19H29OP/c1-16-10-8-9-15-19(16)21(20,17-11-4-2-5-12-17)18-13-6-3-7-14-18/h8-10,15,17-18H,2-7,11-14H2,1H3. The van der Waals surface area contributed by atoms with Gasteiger partial charge < -0.3 is 4.57 Å². The van der Waals surface area contributed by atoms with Crippen molar-refractivity contribution < 1.29 is 4.57 Å². The lowest BCUT2D eigenvalue weighted by Gasteiger charge is -2.39. The largest absolute Gasteiger partial charge is 0.318 e. The molecule has 0 heterocycles. The summed E-state index contributed by atoms with van der Waals surface area (Å²) in [5.41, 5.74) is 2.20. The molecule has 0 amide bonds. The van der Waals surface area contributed by atoms with Crippen LogP contribution in [0.4, 0.5) is 0 Å². The summed E-state index contributed by atoms with van der Waals surface area (Å²) in [5, 5.41) is 1.23. The van der Waals surface area contributed by atoms with Crippen molar-refractivity contribution in [2.75, 3.05) is 0 Å². The Hall–Kier alpha value is -0.550. The third kappa shape index (κ3) is 3.00. The predicted molar refractivity (Wildman–Crippen MR) is 92.2 cm³/mol. The molecule has 2 saturated carbocycles. The van der Waals surface area contributed by atoms with Crippen LogP contribution in [0.15, 0.2) is 24.3 Å². The van der Waals surface area contributed by atoms with Crippen LogP contribution in [0.2, 0.25) is 0 Å². The first-order valence-electron chi connectivity index (χ1n) is 8.88. The maximum atomic E-state index is 14.3. The molecule has 1 aromatic carbocycles. The average Bonchev–Trinajstić information content (AvgIpc) is 2.56. The van der Waals surface area contributed by atoms with Gasteiger partial charge in [0.05, 0.1) is 0 Å². The highest BCUT2D eigenvalue weighted by molar-refractivity contribution is 7.73. The van der Waals surface area contributed by atoms with Crippen LogP contribution >= 0.6 is 7.14 Å². The van der Waals surface area contributed by atoms with E-state index in [1.54, 1.807) is 0 Å². The monoisotopic (exact) mass is 304 g/mol. The molecular weight excluding hydrogens is 275 g/mol. The topological polar surface area (TPSA) is 17.1 Å². The fourth-order valence-corrected chi connectivity index (χ4v) is 9.17. The van der Waals surface area contributed by atoms with E-state index in [-0.39, 0.29) is 0 Å². The molecule has 0 N–H and O–H groups in total. The summed E-state index contributed by atoms with van der Waals surface area (Å²) in [6.07, 6.45) is 12.6. The zero-order valence-corrected chi connectivity index (χ0v) is 14.3. The number of hydrogen-bond acceptors (Lipinski definition) is 1. The molecule has 2 aliphatic carbocycles. The third-order valence-electron chi connectivity index (χ3n) is 5.73. The molecule has 0 saturated heterocycles. The fraction of sp³-hybridized carbons (Fsp3) is 0.684. The predicted octanol–water partition coefficient (Wildman–Crippen LogP) is 5.65. The summed E-state index contributed by atoms with van der Waals surface area (Å²) in [6, 6.07) is 8.53. The molecule has 0 spiro atoms. The lowest BCUT2D eigenvalue weighted by molar-refractivity contribution is 0.452. The number of rotatable bonds is 3. The van der Waals surface area contributed by atoms with Gasteiger partial charge in [0.15, 0.2) is 0 Å². The van der Waals surface area contributed by atoms with Crippen molar-refractivity contribution in [3.05, 3.63) is 29.8 Å². The Morgan fingerprint density at radius 3 is 1.76 bits per heavy atom. The van der Waals surface area contributed by atoms with E-state index in [0.717, 1.165) is 0 Å². The first kappa shape index (κ1) is 15.3. The Morgan fingerprint density at radius 2 is 1.29 bits per heavy atom. The molecule has 116 valence electrons. The maximum Gasteiger partial charge on any atom is 0.121 e. The number of hydrogen-bond donors (Lipinski definition) is 0. The van der Waals surface area contributed by atoms with Crippen molar-refractivity contribution in [2.24, 2.45) is 0 Å². The first-order valence-corrected chi connectivity index (χ1v) is 10.7. The fourth-order valence-electron chi connectivity index (χ4n) is 4.58. The lowest BCUT2D eigenvalue weighted by Crippen LogP contribution is -2.30. The van der Waals surface area contributed by atoms with Crippen molar-refractivity contribution in [1.29, 1.82) is 0 Å². The summed E-state index contributed by atoms with van der Waals surface area (Å²) in [4.78, 5) is 0. The van der Waals surface area contributed by atoms with Crippen LogP contribution < -0.4 is 5.30 Å². The number of aryl methyl sites for hydroxylation is 1. The molecule has 2 heteroatoms. The molecule has 1 aromatic rings. The normalized spacial score (nSPS) is 22.3.